The van der Waals surface area contributed by atoms with Crippen LogP contribution < -0.4 is 10.6 Å². The Bertz CT molecular complexity index is 970. The minimum atomic E-state index is -0.377. The molecule has 2 N–H and O–H groups in total. The average molecular weight is 619 g/mol. The molecule has 2 bridgehead atoms. The first-order valence-corrected chi connectivity index (χ1v) is 17.0. The Balaban J connectivity index is 1.04. The minimum absolute atomic E-state index is 0.0964. The molecule has 0 radical (unpaired) electrons. The molecule has 0 heterocycles. The van der Waals surface area contributed by atoms with E-state index < -0.39 is 0 Å². The van der Waals surface area contributed by atoms with E-state index in [1.165, 1.54) is 6.08 Å². The number of hydrogen-bond acceptors (Lipinski definition) is 8. The normalized spacial score (nSPS) is 31.2. The Labute approximate surface area is 262 Å². The summed E-state index contributed by atoms with van der Waals surface area (Å²) >= 11 is 0. The number of rotatable bonds is 14. The summed E-state index contributed by atoms with van der Waals surface area (Å²) in [6.07, 6.45) is 11.7. The molecule has 4 rings (SSSR count). The number of alkyl carbamates (subject to hydrolysis) is 2. The molecular weight excluding hydrogens is 564 g/mol. The van der Waals surface area contributed by atoms with Crippen LogP contribution >= 0.6 is 0 Å². The van der Waals surface area contributed by atoms with E-state index in [1.807, 2.05) is 13.8 Å². The van der Waals surface area contributed by atoms with Gasteiger partial charge in [0.15, 0.2) is 0 Å². The zero-order valence-electron chi connectivity index (χ0n) is 26.8. The van der Waals surface area contributed by atoms with Gasteiger partial charge in [0.1, 0.15) is 0 Å². The number of fused-ring (bicyclic) bond motifs is 2. The highest BCUT2D eigenvalue weighted by Crippen LogP contribution is 2.51. The van der Waals surface area contributed by atoms with Crippen molar-refractivity contribution in [2.24, 2.45) is 53.3 Å². The zero-order valence-corrected chi connectivity index (χ0v) is 26.8. The predicted molar refractivity (Wildman–Crippen MR) is 164 cm³/mol. The Kier molecular flexibility index (Phi) is 13.2. The largest absolute Gasteiger partial charge is 0.465 e. The fraction of sp³-hybridized carbons (Fsp3) is 0.824. The van der Waals surface area contributed by atoms with E-state index in [0.29, 0.717) is 86.9 Å². The van der Waals surface area contributed by atoms with Crippen LogP contribution in [-0.2, 0) is 28.5 Å². The van der Waals surface area contributed by atoms with Gasteiger partial charge in [0, 0.05) is 19.2 Å². The van der Waals surface area contributed by atoms with Crippen molar-refractivity contribution in [2.75, 3.05) is 39.5 Å². The Hall–Kier alpha value is -2.78. The van der Waals surface area contributed by atoms with Crippen molar-refractivity contribution in [2.45, 2.75) is 84.5 Å². The fourth-order valence-corrected chi connectivity index (χ4v) is 7.79. The number of ether oxygens (including phenoxy) is 4. The molecule has 0 spiro atoms. The Morgan fingerprint density at radius 2 is 1.07 bits per heavy atom. The van der Waals surface area contributed by atoms with Gasteiger partial charge in [-0.15, -0.1) is 0 Å². The van der Waals surface area contributed by atoms with Crippen molar-refractivity contribution in [3.63, 3.8) is 0 Å². The zero-order chi connectivity index (χ0) is 31.5. The van der Waals surface area contributed by atoms with Crippen molar-refractivity contribution in [3.05, 3.63) is 12.7 Å². The van der Waals surface area contributed by atoms with E-state index in [9.17, 15) is 19.2 Å². The number of esters is 2. The van der Waals surface area contributed by atoms with Gasteiger partial charge >= 0.3 is 24.1 Å². The summed E-state index contributed by atoms with van der Waals surface area (Å²) in [6.45, 7) is 10.1. The maximum absolute atomic E-state index is 12.5. The standard InChI is InChI=1S/C34H54N2O8/c1-4-31(37)41-18-23-5-9-25(10-6-23)20-43-33(39)35-16-28-13-27-14-29(30(28)15-27)17-36-34(40)44-21-26-11-7-24(8-12-26)19-42-32(38)22(2)3/h4,22-30H,1,5-21H2,2-3H3,(H,35,39)(H,36,40)/t23?,24?,25?,26?,27?,28?,29?,30-/m1/s1. The molecule has 0 saturated heterocycles. The molecule has 10 heteroatoms. The van der Waals surface area contributed by atoms with Gasteiger partial charge in [0.2, 0.25) is 0 Å². The molecule has 0 aromatic heterocycles. The average Bonchev–Trinajstić information content (AvgIpc) is 3.63. The topological polar surface area (TPSA) is 129 Å². The van der Waals surface area contributed by atoms with Gasteiger partial charge in [0.25, 0.3) is 0 Å². The van der Waals surface area contributed by atoms with Crippen LogP contribution in [0.2, 0.25) is 0 Å². The van der Waals surface area contributed by atoms with Gasteiger partial charge in [-0.25, -0.2) is 14.4 Å². The second-order valence-electron chi connectivity index (χ2n) is 14.1. The summed E-state index contributed by atoms with van der Waals surface area (Å²) in [5, 5.41) is 6.00. The number of nitrogens with one attached hydrogen (secondary N) is 2. The van der Waals surface area contributed by atoms with Crippen LogP contribution in [0.4, 0.5) is 9.59 Å². The van der Waals surface area contributed by atoms with Crippen molar-refractivity contribution >= 4 is 24.1 Å². The van der Waals surface area contributed by atoms with Crippen LogP contribution in [0.5, 0.6) is 0 Å². The molecule has 2 amide bonds. The molecule has 4 saturated carbocycles. The number of carbonyl (C=O) groups is 4. The SMILES string of the molecule is C=CC(=O)OCC1CCC(COC(=O)NCC2CC3CC(CNC(=O)OCC4CCC(COC(=O)C(C)C)CC4)[C@@H]2C3)CC1. The molecule has 4 aliphatic rings. The third-order valence-corrected chi connectivity index (χ3v) is 10.5. The summed E-state index contributed by atoms with van der Waals surface area (Å²) in [7, 11) is 0. The molecule has 4 aliphatic carbocycles. The lowest BCUT2D eigenvalue weighted by Crippen LogP contribution is -2.39. The highest BCUT2D eigenvalue weighted by molar-refractivity contribution is 5.81. The third kappa shape index (κ3) is 10.7. The smallest absolute Gasteiger partial charge is 0.407 e. The van der Waals surface area contributed by atoms with Crippen LogP contribution in [0.15, 0.2) is 12.7 Å². The lowest BCUT2D eigenvalue weighted by atomic mass is 9.80. The lowest BCUT2D eigenvalue weighted by molar-refractivity contribution is -0.149. The van der Waals surface area contributed by atoms with Gasteiger partial charge in [-0.2, -0.15) is 0 Å². The molecule has 44 heavy (non-hydrogen) atoms. The van der Waals surface area contributed by atoms with Crippen molar-refractivity contribution in [1.82, 2.24) is 10.6 Å². The maximum Gasteiger partial charge on any atom is 0.407 e. The van der Waals surface area contributed by atoms with Gasteiger partial charge in [0.05, 0.1) is 32.3 Å². The fourth-order valence-electron chi connectivity index (χ4n) is 7.79. The molecule has 3 unspecified atom stereocenters. The molecule has 0 aliphatic heterocycles. The second kappa shape index (κ2) is 17.1. The van der Waals surface area contributed by atoms with E-state index in [-0.39, 0.29) is 30.0 Å². The van der Waals surface area contributed by atoms with Crippen molar-refractivity contribution < 1.29 is 38.1 Å². The monoisotopic (exact) mass is 618 g/mol. The van der Waals surface area contributed by atoms with Gasteiger partial charge in [-0.05, 0) is 118 Å². The molecule has 0 aromatic rings. The van der Waals surface area contributed by atoms with Gasteiger partial charge < -0.3 is 29.6 Å². The van der Waals surface area contributed by atoms with Crippen LogP contribution in [0, 0.1) is 53.3 Å². The summed E-state index contributed by atoms with van der Waals surface area (Å²) in [4.78, 5) is 47.8. The van der Waals surface area contributed by atoms with E-state index >= 15 is 0 Å². The van der Waals surface area contributed by atoms with Crippen LogP contribution in [0.3, 0.4) is 0 Å². The summed E-state index contributed by atoms with van der Waals surface area (Å²) in [6, 6.07) is 0. The molecular formula is C34H54N2O8. The molecule has 4 atom stereocenters. The quantitative estimate of drug-likeness (QED) is 0.145. The number of amides is 2. The van der Waals surface area contributed by atoms with Gasteiger partial charge in [-0.1, -0.05) is 20.4 Å². The van der Waals surface area contributed by atoms with Crippen LogP contribution in [0.1, 0.15) is 84.5 Å². The lowest BCUT2D eigenvalue weighted by Gasteiger charge is -2.30. The number of hydrogen-bond donors (Lipinski definition) is 2. The number of carbonyl (C=O) groups excluding carboxylic acids is 4. The van der Waals surface area contributed by atoms with E-state index in [1.54, 1.807) is 0 Å². The van der Waals surface area contributed by atoms with Crippen LogP contribution in [-0.4, -0.2) is 63.6 Å². The molecule has 0 aromatic carbocycles. The van der Waals surface area contributed by atoms with Crippen molar-refractivity contribution in [1.29, 1.82) is 0 Å². The highest BCUT2D eigenvalue weighted by atomic mass is 16.6. The molecule has 4 fully saturated rings. The van der Waals surface area contributed by atoms with E-state index in [0.717, 1.165) is 70.6 Å². The van der Waals surface area contributed by atoms with E-state index in [4.69, 9.17) is 18.9 Å². The van der Waals surface area contributed by atoms with Crippen molar-refractivity contribution in [3.8, 4) is 0 Å². The summed E-state index contributed by atoms with van der Waals surface area (Å²) in [5.74, 6) is 2.83. The maximum atomic E-state index is 12.5. The Morgan fingerprint density at radius 1 is 0.659 bits per heavy atom. The first-order valence-electron chi connectivity index (χ1n) is 17.0. The van der Waals surface area contributed by atoms with E-state index in [2.05, 4.69) is 17.2 Å². The summed E-state index contributed by atoms with van der Waals surface area (Å²) in [5.41, 5.74) is 0. The first kappa shape index (κ1) is 34.1. The first-order chi connectivity index (χ1) is 21.2. The highest BCUT2D eigenvalue weighted by Gasteiger charge is 2.46. The Morgan fingerprint density at radius 3 is 1.45 bits per heavy atom. The molecule has 248 valence electrons. The van der Waals surface area contributed by atoms with Crippen LogP contribution in [0.25, 0.3) is 0 Å². The summed E-state index contributed by atoms with van der Waals surface area (Å²) < 4.78 is 21.7. The second-order valence-corrected chi connectivity index (χ2v) is 14.1. The predicted octanol–water partition coefficient (Wildman–Crippen LogP) is 5.64. The third-order valence-electron chi connectivity index (χ3n) is 10.5. The molecule has 10 nitrogen and oxygen atoms in total. The van der Waals surface area contributed by atoms with Gasteiger partial charge in [-0.3, -0.25) is 4.79 Å². The minimum Gasteiger partial charge on any atom is -0.465 e.